The molecule has 3 aromatic heterocycles. The van der Waals surface area contributed by atoms with E-state index in [4.69, 9.17) is 0 Å². The van der Waals surface area contributed by atoms with Gasteiger partial charge in [0.25, 0.3) is 5.91 Å². The number of H-pyrrole nitrogens is 1. The van der Waals surface area contributed by atoms with Crippen LogP contribution in [0.4, 0.5) is 0 Å². The van der Waals surface area contributed by atoms with Crippen molar-refractivity contribution in [2.45, 2.75) is 20.4 Å². The Morgan fingerprint density at radius 3 is 2.77 bits per heavy atom. The Bertz CT molecular complexity index is 774. The lowest BCUT2D eigenvalue weighted by atomic mass is 10.2. The summed E-state index contributed by atoms with van der Waals surface area (Å²) in [5.41, 5.74) is 2.39. The third-order valence-corrected chi connectivity index (χ3v) is 3.12. The highest BCUT2D eigenvalue weighted by atomic mass is 16.1. The highest BCUT2D eigenvalue weighted by Crippen LogP contribution is 2.10. The molecule has 0 saturated heterocycles. The fourth-order valence-corrected chi connectivity index (χ4v) is 2.09. The molecular formula is C14H15N7O. The van der Waals surface area contributed by atoms with Crippen LogP contribution in [0.5, 0.6) is 0 Å². The van der Waals surface area contributed by atoms with E-state index in [1.807, 2.05) is 19.9 Å². The van der Waals surface area contributed by atoms with Crippen LogP contribution < -0.4 is 5.32 Å². The van der Waals surface area contributed by atoms with E-state index in [9.17, 15) is 4.79 Å². The summed E-state index contributed by atoms with van der Waals surface area (Å²) in [6.45, 7) is 4.17. The molecule has 22 heavy (non-hydrogen) atoms. The minimum atomic E-state index is -0.219. The van der Waals surface area contributed by atoms with E-state index in [1.165, 1.54) is 12.5 Å². The number of aryl methyl sites for hydroxylation is 2. The first-order valence-electron chi connectivity index (χ1n) is 6.75. The number of pyridine rings is 1. The van der Waals surface area contributed by atoms with Crippen molar-refractivity contribution in [2.24, 2.45) is 0 Å². The van der Waals surface area contributed by atoms with Gasteiger partial charge in [-0.15, -0.1) is 0 Å². The monoisotopic (exact) mass is 297 g/mol. The van der Waals surface area contributed by atoms with E-state index >= 15 is 0 Å². The molecule has 0 bridgehead atoms. The average molecular weight is 297 g/mol. The highest BCUT2D eigenvalue weighted by molar-refractivity contribution is 5.93. The largest absolute Gasteiger partial charge is 0.345 e. The summed E-state index contributed by atoms with van der Waals surface area (Å²) in [5, 5.41) is 13.5. The van der Waals surface area contributed by atoms with Crippen LogP contribution in [-0.2, 0) is 6.54 Å². The van der Waals surface area contributed by atoms with Gasteiger partial charge >= 0.3 is 0 Å². The summed E-state index contributed by atoms with van der Waals surface area (Å²) in [4.78, 5) is 20.3. The van der Waals surface area contributed by atoms with Crippen LogP contribution in [0, 0.1) is 13.8 Å². The van der Waals surface area contributed by atoms with E-state index in [1.54, 1.807) is 16.8 Å². The van der Waals surface area contributed by atoms with Gasteiger partial charge in [0.05, 0.1) is 17.8 Å². The average Bonchev–Trinajstić information content (AvgIpc) is 3.14. The zero-order valence-electron chi connectivity index (χ0n) is 12.2. The van der Waals surface area contributed by atoms with Gasteiger partial charge < -0.3 is 5.32 Å². The zero-order valence-corrected chi connectivity index (χ0v) is 12.2. The number of aromatic amines is 1. The third kappa shape index (κ3) is 2.85. The predicted molar refractivity (Wildman–Crippen MR) is 78.4 cm³/mol. The smallest absolute Gasteiger partial charge is 0.253 e. The molecule has 0 aliphatic carbocycles. The van der Waals surface area contributed by atoms with Crippen LogP contribution >= 0.6 is 0 Å². The first kappa shape index (κ1) is 13.9. The van der Waals surface area contributed by atoms with E-state index in [2.05, 4.69) is 30.6 Å². The number of rotatable bonds is 4. The van der Waals surface area contributed by atoms with Gasteiger partial charge in [-0.1, -0.05) is 0 Å². The molecule has 0 saturated carbocycles. The van der Waals surface area contributed by atoms with Gasteiger partial charge in [0.2, 0.25) is 0 Å². The topological polar surface area (TPSA) is 101 Å². The molecule has 0 aliphatic heterocycles. The number of hydrogen-bond donors (Lipinski definition) is 2. The Hall–Kier alpha value is -3.03. The summed E-state index contributed by atoms with van der Waals surface area (Å²) in [5.74, 6) is 1.06. The quantitative estimate of drug-likeness (QED) is 0.746. The van der Waals surface area contributed by atoms with Gasteiger partial charge in [0, 0.05) is 11.9 Å². The lowest BCUT2D eigenvalue weighted by Gasteiger charge is -2.05. The first-order valence-corrected chi connectivity index (χ1v) is 6.75. The fourth-order valence-electron chi connectivity index (χ4n) is 2.09. The second kappa shape index (κ2) is 5.76. The maximum atomic E-state index is 12.0. The molecule has 112 valence electrons. The summed E-state index contributed by atoms with van der Waals surface area (Å²) >= 11 is 0. The number of carbonyl (C=O) groups excluding carboxylic acids is 1. The molecule has 0 aliphatic rings. The van der Waals surface area contributed by atoms with Crippen molar-refractivity contribution < 1.29 is 4.79 Å². The van der Waals surface area contributed by atoms with Crippen LogP contribution in [0.1, 0.15) is 27.6 Å². The summed E-state index contributed by atoms with van der Waals surface area (Å²) < 4.78 is 1.74. The standard InChI is InChI=1S/C14H15N7O/c1-9-5-10(2)21(20-9)13-4-3-11(6-15-13)14(22)16-7-12-17-8-18-19-12/h3-6,8H,7H2,1-2H3,(H,16,22)(H,17,18,19). The molecule has 0 fully saturated rings. The van der Waals surface area contributed by atoms with E-state index in [0.29, 0.717) is 17.2 Å². The number of aromatic nitrogens is 6. The SMILES string of the molecule is Cc1cc(C)n(-c2ccc(C(=O)NCc3ncn[nH]3)cn2)n1. The van der Waals surface area contributed by atoms with E-state index in [-0.39, 0.29) is 12.5 Å². The molecule has 3 heterocycles. The van der Waals surface area contributed by atoms with Crippen LogP contribution in [0.2, 0.25) is 0 Å². The zero-order chi connectivity index (χ0) is 15.5. The number of amides is 1. The van der Waals surface area contributed by atoms with Gasteiger partial charge in [-0.05, 0) is 32.0 Å². The van der Waals surface area contributed by atoms with Gasteiger partial charge in [-0.25, -0.2) is 14.6 Å². The minimum absolute atomic E-state index is 0.219. The minimum Gasteiger partial charge on any atom is -0.345 e. The number of hydrogen-bond acceptors (Lipinski definition) is 5. The summed E-state index contributed by atoms with van der Waals surface area (Å²) in [7, 11) is 0. The molecule has 0 unspecified atom stereocenters. The normalized spacial score (nSPS) is 10.6. The van der Waals surface area contributed by atoms with E-state index in [0.717, 1.165) is 11.4 Å². The molecule has 8 heteroatoms. The highest BCUT2D eigenvalue weighted by Gasteiger charge is 2.09. The van der Waals surface area contributed by atoms with Gasteiger partial charge in [-0.2, -0.15) is 10.2 Å². The molecule has 0 atom stereocenters. The molecule has 0 aromatic carbocycles. The van der Waals surface area contributed by atoms with Crippen molar-refractivity contribution >= 4 is 5.91 Å². The van der Waals surface area contributed by atoms with Crippen molar-refractivity contribution in [3.05, 3.63) is 53.5 Å². The van der Waals surface area contributed by atoms with E-state index < -0.39 is 0 Å². The third-order valence-electron chi connectivity index (χ3n) is 3.12. The van der Waals surface area contributed by atoms with Crippen molar-refractivity contribution in [3.8, 4) is 5.82 Å². The lowest BCUT2D eigenvalue weighted by Crippen LogP contribution is -2.23. The van der Waals surface area contributed by atoms with Crippen molar-refractivity contribution in [1.82, 2.24) is 35.3 Å². The Morgan fingerprint density at radius 1 is 1.32 bits per heavy atom. The summed E-state index contributed by atoms with van der Waals surface area (Å²) in [6, 6.07) is 5.46. The Labute approximate surface area is 126 Å². The Morgan fingerprint density at radius 2 is 2.18 bits per heavy atom. The van der Waals surface area contributed by atoms with Crippen LogP contribution in [0.3, 0.4) is 0 Å². The first-order chi connectivity index (χ1) is 10.6. The molecule has 3 aromatic rings. The number of carbonyl (C=O) groups is 1. The predicted octanol–water partition coefficient (Wildman–Crippen LogP) is 0.932. The molecule has 0 radical (unpaired) electrons. The second-order valence-corrected chi connectivity index (χ2v) is 4.86. The molecule has 8 nitrogen and oxygen atoms in total. The van der Waals surface area contributed by atoms with Gasteiger partial charge in [0.1, 0.15) is 12.2 Å². The lowest BCUT2D eigenvalue weighted by molar-refractivity contribution is 0.0949. The number of nitrogens with zero attached hydrogens (tertiary/aromatic N) is 5. The van der Waals surface area contributed by atoms with Crippen LogP contribution in [0.15, 0.2) is 30.7 Å². The van der Waals surface area contributed by atoms with Crippen molar-refractivity contribution in [2.75, 3.05) is 0 Å². The van der Waals surface area contributed by atoms with Gasteiger partial charge in [-0.3, -0.25) is 9.89 Å². The van der Waals surface area contributed by atoms with Crippen molar-refractivity contribution in [1.29, 1.82) is 0 Å². The Balaban J connectivity index is 1.71. The molecule has 3 rings (SSSR count). The maximum absolute atomic E-state index is 12.0. The number of nitrogens with one attached hydrogen (secondary N) is 2. The molecule has 1 amide bonds. The molecule has 2 N–H and O–H groups in total. The maximum Gasteiger partial charge on any atom is 0.253 e. The Kier molecular flexibility index (Phi) is 3.65. The molecule has 0 spiro atoms. The summed E-state index contributed by atoms with van der Waals surface area (Å²) in [6.07, 6.45) is 2.92. The fraction of sp³-hybridized carbons (Fsp3) is 0.214. The van der Waals surface area contributed by atoms with Crippen molar-refractivity contribution in [3.63, 3.8) is 0 Å². The van der Waals surface area contributed by atoms with Gasteiger partial charge in [0.15, 0.2) is 5.82 Å². The van der Waals surface area contributed by atoms with Crippen LogP contribution in [-0.4, -0.2) is 35.9 Å². The molecular weight excluding hydrogens is 282 g/mol. The second-order valence-electron chi connectivity index (χ2n) is 4.86. The van der Waals surface area contributed by atoms with Crippen LogP contribution in [0.25, 0.3) is 5.82 Å².